The Balaban J connectivity index is 1.60. The molecule has 0 aliphatic carbocycles. The van der Waals surface area contributed by atoms with E-state index in [1.807, 2.05) is 13.0 Å². The van der Waals surface area contributed by atoms with Crippen molar-refractivity contribution in [2.24, 2.45) is 7.05 Å². The second-order valence-corrected chi connectivity index (χ2v) is 6.84. The van der Waals surface area contributed by atoms with Gasteiger partial charge in [-0.3, -0.25) is 15.1 Å². The summed E-state index contributed by atoms with van der Waals surface area (Å²) in [4.78, 5) is 13.4. The fourth-order valence-corrected chi connectivity index (χ4v) is 3.48. The third-order valence-electron chi connectivity index (χ3n) is 4.87. The molecular formula is C21H19N7. The molecular weight excluding hydrogens is 350 g/mol. The van der Waals surface area contributed by atoms with Crippen LogP contribution in [-0.4, -0.2) is 29.7 Å². The van der Waals surface area contributed by atoms with E-state index in [0.29, 0.717) is 6.54 Å². The summed E-state index contributed by atoms with van der Waals surface area (Å²) < 4.78 is 2.13. The molecule has 3 aromatic heterocycles. The Kier molecular flexibility index (Phi) is 3.79. The molecule has 28 heavy (non-hydrogen) atoms. The average Bonchev–Trinajstić information content (AvgIpc) is 3.31. The molecule has 3 heterocycles. The largest absolute Gasteiger partial charge is 0.378 e. The van der Waals surface area contributed by atoms with E-state index in [4.69, 9.17) is 0 Å². The first-order chi connectivity index (χ1) is 13.7. The first kappa shape index (κ1) is 16.4. The number of aromatic nitrogens is 6. The Bertz CT molecular complexity index is 1300. The van der Waals surface area contributed by atoms with Crippen LogP contribution in [0.3, 0.4) is 0 Å². The van der Waals surface area contributed by atoms with Crippen molar-refractivity contribution in [3.05, 3.63) is 66.6 Å². The molecule has 0 bridgehead atoms. The van der Waals surface area contributed by atoms with Crippen LogP contribution in [0.2, 0.25) is 0 Å². The van der Waals surface area contributed by atoms with Crippen LogP contribution < -0.4 is 5.32 Å². The fourth-order valence-electron chi connectivity index (χ4n) is 3.48. The topological polar surface area (TPSA) is 84.3 Å². The molecule has 0 aliphatic rings. The Labute approximate surface area is 161 Å². The van der Waals surface area contributed by atoms with Crippen LogP contribution in [0.4, 0.5) is 5.69 Å². The van der Waals surface area contributed by atoms with Gasteiger partial charge < -0.3 is 9.88 Å². The van der Waals surface area contributed by atoms with E-state index < -0.39 is 0 Å². The number of hydrogen-bond acceptors (Lipinski definition) is 5. The number of nitrogens with zero attached hydrogens (tertiary/aromatic N) is 5. The predicted octanol–water partition coefficient (Wildman–Crippen LogP) is 3.83. The lowest BCUT2D eigenvalue weighted by Crippen LogP contribution is -2.02. The maximum absolute atomic E-state index is 4.58. The summed E-state index contributed by atoms with van der Waals surface area (Å²) in [5, 5.41) is 11.7. The minimum atomic E-state index is 0.534. The van der Waals surface area contributed by atoms with Crippen molar-refractivity contribution < 1.29 is 0 Å². The van der Waals surface area contributed by atoms with E-state index in [9.17, 15) is 0 Å². The van der Waals surface area contributed by atoms with Gasteiger partial charge in [-0.25, -0.2) is 4.98 Å². The SMILES string of the molecule is Cc1nc(CNc2cc(-c3ccc4ccn(C)c4c3)c3nccnc3c2)n[nH]1. The number of aromatic amines is 1. The number of H-pyrrole nitrogens is 1. The van der Waals surface area contributed by atoms with Crippen LogP contribution >= 0.6 is 0 Å². The molecule has 138 valence electrons. The molecule has 0 aliphatic heterocycles. The summed E-state index contributed by atoms with van der Waals surface area (Å²) in [5.74, 6) is 1.53. The highest BCUT2D eigenvalue weighted by atomic mass is 15.2. The highest BCUT2D eigenvalue weighted by molar-refractivity contribution is 5.97. The summed E-state index contributed by atoms with van der Waals surface area (Å²) >= 11 is 0. The molecule has 0 fully saturated rings. The van der Waals surface area contributed by atoms with Crippen LogP contribution in [0, 0.1) is 6.92 Å². The van der Waals surface area contributed by atoms with Gasteiger partial charge in [-0.1, -0.05) is 12.1 Å². The lowest BCUT2D eigenvalue weighted by molar-refractivity contribution is 0.953. The highest BCUT2D eigenvalue weighted by Gasteiger charge is 2.11. The number of aryl methyl sites for hydroxylation is 2. The molecule has 7 heteroatoms. The van der Waals surface area contributed by atoms with Gasteiger partial charge in [0.25, 0.3) is 0 Å². The second kappa shape index (κ2) is 6.45. The Morgan fingerprint density at radius 1 is 1.07 bits per heavy atom. The molecule has 0 radical (unpaired) electrons. The van der Waals surface area contributed by atoms with Crippen molar-refractivity contribution in [1.29, 1.82) is 0 Å². The summed E-state index contributed by atoms with van der Waals surface area (Å²) in [5.41, 5.74) is 6.03. The van der Waals surface area contributed by atoms with Gasteiger partial charge in [0.05, 0.1) is 17.6 Å². The zero-order chi connectivity index (χ0) is 19.1. The number of hydrogen-bond donors (Lipinski definition) is 2. The van der Waals surface area contributed by atoms with Crippen molar-refractivity contribution in [2.45, 2.75) is 13.5 Å². The first-order valence-electron chi connectivity index (χ1n) is 9.09. The molecule has 5 aromatic rings. The normalized spacial score (nSPS) is 11.4. The Morgan fingerprint density at radius 2 is 1.96 bits per heavy atom. The van der Waals surface area contributed by atoms with Gasteiger partial charge in [0, 0.05) is 42.4 Å². The molecule has 7 nitrogen and oxygen atoms in total. The van der Waals surface area contributed by atoms with Crippen molar-refractivity contribution in [3.8, 4) is 11.1 Å². The Hall–Kier alpha value is -3.74. The van der Waals surface area contributed by atoms with Crippen LogP contribution in [0.15, 0.2) is 55.0 Å². The second-order valence-electron chi connectivity index (χ2n) is 6.84. The number of nitrogens with one attached hydrogen (secondary N) is 2. The van der Waals surface area contributed by atoms with Crippen molar-refractivity contribution in [1.82, 2.24) is 29.7 Å². The molecule has 2 N–H and O–H groups in total. The zero-order valence-electron chi connectivity index (χ0n) is 15.6. The van der Waals surface area contributed by atoms with E-state index in [1.165, 1.54) is 10.9 Å². The zero-order valence-corrected chi connectivity index (χ0v) is 15.6. The number of fused-ring (bicyclic) bond motifs is 2. The van der Waals surface area contributed by atoms with Crippen LogP contribution in [-0.2, 0) is 13.6 Å². The van der Waals surface area contributed by atoms with E-state index in [0.717, 1.165) is 39.5 Å². The van der Waals surface area contributed by atoms with E-state index >= 15 is 0 Å². The van der Waals surface area contributed by atoms with E-state index in [-0.39, 0.29) is 0 Å². The maximum atomic E-state index is 4.58. The summed E-state index contributed by atoms with van der Waals surface area (Å²) in [6, 6.07) is 12.7. The van der Waals surface area contributed by atoms with Gasteiger partial charge in [-0.15, -0.1) is 0 Å². The smallest absolute Gasteiger partial charge is 0.169 e. The lowest BCUT2D eigenvalue weighted by atomic mass is 10.0. The minimum absolute atomic E-state index is 0.534. The van der Waals surface area contributed by atoms with Gasteiger partial charge in [0.1, 0.15) is 5.82 Å². The van der Waals surface area contributed by atoms with Gasteiger partial charge in [0.15, 0.2) is 5.82 Å². The van der Waals surface area contributed by atoms with Gasteiger partial charge in [-0.2, -0.15) is 5.10 Å². The van der Waals surface area contributed by atoms with E-state index in [2.05, 4.69) is 78.6 Å². The van der Waals surface area contributed by atoms with Crippen molar-refractivity contribution in [3.63, 3.8) is 0 Å². The third kappa shape index (κ3) is 2.87. The summed E-state index contributed by atoms with van der Waals surface area (Å²) in [6.45, 7) is 2.42. The maximum Gasteiger partial charge on any atom is 0.169 e. The standard InChI is InChI=1S/C21H19N7/c1-13-25-20(27-26-13)12-24-16-10-17(21-18(11-16)22-6-7-23-21)15-4-3-14-5-8-28(2)19(14)9-15/h3-11,24H,12H2,1-2H3,(H,25,26,27). The molecule has 0 saturated heterocycles. The van der Waals surface area contributed by atoms with Gasteiger partial charge in [0.2, 0.25) is 0 Å². The quantitative estimate of drug-likeness (QED) is 0.503. The van der Waals surface area contributed by atoms with Crippen LogP contribution in [0.5, 0.6) is 0 Å². The van der Waals surface area contributed by atoms with Crippen molar-refractivity contribution >= 4 is 27.6 Å². The van der Waals surface area contributed by atoms with Crippen LogP contribution in [0.1, 0.15) is 11.6 Å². The Morgan fingerprint density at radius 3 is 2.82 bits per heavy atom. The van der Waals surface area contributed by atoms with Gasteiger partial charge >= 0.3 is 0 Å². The molecule has 0 saturated carbocycles. The average molecular weight is 369 g/mol. The summed E-state index contributed by atoms with van der Waals surface area (Å²) in [6.07, 6.45) is 5.52. The third-order valence-corrected chi connectivity index (χ3v) is 4.87. The molecule has 5 rings (SSSR count). The molecule has 0 atom stereocenters. The van der Waals surface area contributed by atoms with Gasteiger partial charge in [-0.05, 0) is 42.1 Å². The molecule has 0 spiro atoms. The number of anilines is 1. The number of benzene rings is 2. The predicted molar refractivity (Wildman–Crippen MR) is 110 cm³/mol. The molecule has 0 amide bonds. The van der Waals surface area contributed by atoms with Crippen LogP contribution in [0.25, 0.3) is 33.1 Å². The number of rotatable bonds is 4. The monoisotopic (exact) mass is 369 g/mol. The molecule has 2 aromatic carbocycles. The summed E-state index contributed by atoms with van der Waals surface area (Å²) in [7, 11) is 2.06. The van der Waals surface area contributed by atoms with E-state index in [1.54, 1.807) is 12.4 Å². The molecule has 0 unspecified atom stereocenters. The fraction of sp³-hybridized carbons (Fsp3) is 0.143. The first-order valence-corrected chi connectivity index (χ1v) is 9.09. The highest BCUT2D eigenvalue weighted by Crippen LogP contribution is 2.32. The lowest BCUT2D eigenvalue weighted by Gasteiger charge is -2.11. The van der Waals surface area contributed by atoms with Crippen molar-refractivity contribution in [2.75, 3.05) is 5.32 Å². The minimum Gasteiger partial charge on any atom is -0.378 e.